The number of aryl methyl sites for hydroxylation is 2. The van der Waals surface area contributed by atoms with Gasteiger partial charge in [-0.1, -0.05) is 29.3 Å². The Morgan fingerprint density at radius 2 is 1.25 bits per heavy atom. The molecule has 0 aromatic heterocycles. The average Bonchev–Trinajstić information content (AvgIpc) is 3.41. The summed E-state index contributed by atoms with van der Waals surface area (Å²) in [5.74, 6) is -6.78. The van der Waals surface area contributed by atoms with Crippen LogP contribution >= 0.6 is 23.2 Å². The molecule has 0 atom stereocenters. The van der Waals surface area contributed by atoms with Crippen molar-refractivity contribution in [1.29, 1.82) is 0 Å². The van der Waals surface area contributed by atoms with Gasteiger partial charge in [-0.3, -0.25) is 28.6 Å². The quantitative estimate of drug-likeness (QED) is 0.0223. The second-order valence-electron chi connectivity index (χ2n) is 20.0. The van der Waals surface area contributed by atoms with E-state index in [0.29, 0.717) is 17.7 Å². The van der Waals surface area contributed by atoms with E-state index >= 15 is 4.39 Å². The molecule has 17 nitrogen and oxygen atoms in total. The van der Waals surface area contributed by atoms with E-state index in [1.807, 2.05) is 6.92 Å². The van der Waals surface area contributed by atoms with Gasteiger partial charge in [0.2, 0.25) is 0 Å². The zero-order chi connectivity index (χ0) is 59.6. The van der Waals surface area contributed by atoms with Gasteiger partial charge in [-0.2, -0.15) is 13.2 Å². The van der Waals surface area contributed by atoms with Crippen LogP contribution in [0.2, 0.25) is 10.0 Å². The van der Waals surface area contributed by atoms with Crippen molar-refractivity contribution in [3.8, 4) is 23.0 Å². The number of halogens is 7. The van der Waals surface area contributed by atoms with Gasteiger partial charge in [-0.05, 0) is 144 Å². The highest BCUT2D eigenvalue weighted by Crippen LogP contribution is 2.40. The fraction of sp³-hybridized carbons (Fsp3) is 0.273. The highest BCUT2D eigenvalue weighted by Gasteiger charge is 2.35. The third-order valence-corrected chi connectivity index (χ3v) is 16.5. The molecule has 26 heteroatoms. The number of anilines is 3. The number of hydrogen-bond donors (Lipinski definition) is 6. The lowest BCUT2D eigenvalue weighted by Crippen LogP contribution is -2.50. The van der Waals surface area contributed by atoms with Gasteiger partial charge in [0.25, 0.3) is 31.9 Å². The average molecular weight is 1210 g/mol. The van der Waals surface area contributed by atoms with Gasteiger partial charge < -0.3 is 35.7 Å². The number of aliphatic carboxylic acids is 1. The standard InChI is InChI=1S/C55H52Cl2F5N5O12S2/c1-29-7-13-48(37(57)19-29)81(75,76)67-42-24-32(52(72)65-54(5)15-6-16-54)9-12-44(42)79-46-28-39(59)34(22-40(46)63)26-50(70)77-18-17-53(3,4)64-51(71)31-8-11-43(78-45-27-38(58)33(21-36(45)56)25-49(68)69)41(23-31)66-80(73,74)47-14-10-35(20-30(47)2)55(60,61)62/h7-14,19-24,27-28,66-67H,6,15-18,25-26,63H2,1-5H3,(H,64,71)(H,65,72)(H,68,69). The van der Waals surface area contributed by atoms with Crippen LogP contribution < -0.4 is 35.3 Å². The van der Waals surface area contributed by atoms with Crippen LogP contribution in [-0.2, 0) is 53.4 Å². The largest absolute Gasteiger partial charge is 0.481 e. The number of sulfonamides is 2. The number of amides is 2. The SMILES string of the molecule is Cc1ccc(S(=O)(=O)Nc2cc(C(=O)NC3(C)CCC3)ccc2Oc2cc(F)c(CC(=O)OCCC(C)(C)NC(=O)c3ccc(Oc4cc(F)c(CC(=O)O)cc4Cl)c(NS(=O)(=O)c4ccc(C(F)(F)F)cc4C)c3)cc2N)c(Cl)c1. The van der Waals surface area contributed by atoms with E-state index in [1.165, 1.54) is 36.4 Å². The first kappa shape index (κ1) is 61.0. The Morgan fingerprint density at radius 1 is 0.691 bits per heavy atom. The number of rotatable bonds is 21. The number of ether oxygens (including phenoxy) is 3. The summed E-state index contributed by atoms with van der Waals surface area (Å²) in [6.45, 7) is 7.54. The maximum atomic E-state index is 15.8. The lowest BCUT2D eigenvalue weighted by molar-refractivity contribution is -0.143. The molecule has 7 N–H and O–H groups in total. The summed E-state index contributed by atoms with van der Waals surface area (Å²) in [5, 5.41) is 14.5. The first-order valence-electron chi connectivity index (χ1n) is 24.4. The number of esters is 1. The van der Waals surface area contributed by atoms with Crippen molar-refractivity contribution in [2.75, 3.05) is 21.8 Å². The molecule has 0 heterocycles. The number of nitrogens with one attached hydrogen (secondary N) is 4. The summed E-state index contributed by atoms with van der Waals surface area (Å²) in [6.07, 6.45) is -3.76. The maximum Gasteiger partial charge on any atom is 0.416 e. The van der Waals surface area contributed by atoms with Crippen LogP contribution in [0.1, 0.15) is 95.0 Å². The minimum absolute atomic E-state index is 0.0420. The van der Waals surface area contributed by atoms with E-state index < -0.39 is 107 Å². The molecule has 6 aromatic rings. The van der Waals surface area contributed by atoms with E-state index in [4.69, 9.17) is 48.3 Å². The molecule has 2 amide bonds. The van der Waals surface area contributed by atoms with Crippen molar-refractivity contribution in [3.05, 3.63) is 158 Å². The highest BCUT2D eigenvalue weighted by molar-refractivity contribution is 7.93. The van der Waals surface area contributed by atoms with Gasteiger partial charge in [0.15, 0.2) is 17.2 Å². The molecule has 1 fully saturated rings. The minimum Gasteiger partial charge on any atom is -0.481 e. The zero-order valence-electron chi connectivity index (χ0n) is 43.7. The van der Waals surface area contributed by atoms with Crippen molar-refractivity contribution in [3.63, 3.8) is 0 Å². The van der Waals surface area contributed by atoms with Crippen molar-refractivity contribution >= 4 is 84.1 Å². The summed E-state index contributed by atoms with van der Waals surface area (Å²) in [7, 11) is -9.15. The Balaban J connectivity index is 1.03. The summed E-state index contributed by atoms with van der Waals surface area (Å²) < 4.78 is 148. The second kappa shape index (κ2) is 23.8. The number of carbonyl (C=O) groups is 4. The molecule has 1 saturated carbocycles. The molecule has 6 aromatic carbocycles. The van der Waals surface area contributed by atoms with E-state index in [0.717, 1.165) is 68.7 Å². The minimum atomic E-state index is -4.79. The first-order chi connectivity index (χ1) is 37.7. The predicted octanol–water partition coefficient (Wildman–Crippen LogP) is 11.7. The summed E-state index contributed by atoms with van der Waals surface area (Å²) in [4.78, 5) is 50.5. The van der Waals surface area contributed by atoms with Crippen molar-refractivity contribution in [2.24, 2.45) is 0 Å². The smallest absolute Gasteiger partial charge is 0.416 e. The van der Waals surface area contributed by atoms with Crippen molar-refractivity contribution in [2.45, 2.75) is 100 Å². The number of hydrogen-bond acceptors (Lipinski definition) is 12. The molecule has 0 saturated heterocycles. The fourth-order valence-corrected chi connectivity index (χ4v) is 11.5. The van der Waals surface area contributed by atoms with Gasteiger partial charge in [-0.25, -0.2) is 25.6 Å². The van der Waals surface area contributed by atoms with Crippen LogP contribution in [0.5, 0.6) is 23.0 Å². The fourth-order valence-electron chi connectivity index (χ4n) is 8.30. The molecule has 81 heavy (non-hydrogen) atoms. The van der Waals surface area contributed by atoms with Crippen LogP contribution in [0.4, 0.5) is 39.0 Å². The number of carboxylic acid groups (broad SMARTS) is 1. The molecule has 0 aliphatic heterocycles. The second-order valence-corrected chi connectivity index (χ2v) is 24.1. The van der Waals surface area contributed by atoms with Gasteiger partial charge in [0.05, 0.1) is 57.0 Å². The summed E-state index contributed by atoms with van der Waals surface area (Å²) in [6, 6.07) is 17.2. The summed E-state index contributed by atoms with van der Waals surface area (Å²) in [5.41, 5.74) is 2.50. The van der Waals surface area contributed by atoms with Crippen molar-refractivity contribution in [1.82, 2.24) is 10.6 Å². The van der Waals surface area contributed by atoms with Crippen LogP contribution in [0.25, 0.3) is 0 Å². The molecule has 0 bridgehead atoms. The van der Waals surface area contributed by atoms with Gasteiger partial charge in [0, 0.05) is 51.9 Å². The van der Waals surface area contributed by atoms with E-state index in [-0.39, 0.29) is 84.4 Å². The Bertz CT molecular complexity index is 3730. The van der Waals surface area contributed by atoms with Crippen LogP contribution in [0.3, 0.4) is 0 Å². The Morgan fingerprint density at radius 3 is 1.80 bits per heavy atom. The monoisotopic (exact) mass is 1200 g/mol. The number of carboxylic acids is 1. The molecule has 7 rings (SSSR count). The molecule has 1 aliphatic rings. The van der Waals surface area contributed by atoms with Gasteiger partial charge >= 0.3 is 18.1 Å². The Hall–Kier alpha value is -7.67. The molecule has 0 unspecified atom stereocenters. The van der Waals surface area contributed by atoms with E-state index in [2.05, 4.69) is 20.1 Å². The topological polar surface area (TPSA) is 259 Å². The third kappa shape index (κ3) is 15.2. The molecular weight excluding hydrogens is 1150 g/mol. The highest BCUT2D eigenvalue weighted by atomic mass is 35.5. The Labute approximate surface area is 472 Å². The molecule has 0 spiro atoms. The molecule has 430 valence electrons. The maximum absolute atomic E-state index is 15.8. The van der Waals surface area contributed by atoms with Crippen LogP contribution in [0, 0.1) is 25.5 Å². The third-order valence-electron chi connectivity index (χ3n) is 12.9. The number of alkyl halides is 3. The number of carbonyl (C=O) groups excluding carboxylic acids is 3. The van der Waals surface area contributed by atoms with E-state index in [9.17, 15) is 53.6 Å². The molecular formula is C55H52Cl2F5N5O12S2. The number of nitrogens with two attached hydrogens (primary N) is 1. The number of benzene rings is 6. The van der Waals surface area contributed by atoms with Crippen LogP contribution in [0.15, 0.2) is 107 Å². The Kier molecular flexibility index (Phi) is 17.9. The van der Waals surface area contributed by atoms with Gasteiger partial charge in [0.1, 0.15) is 22.3 Å². The number of nitrogen functional groups attached to an aromatic ring is 1. The normalized spacial score (nSPS) is 13.3. The van der Waals surface area contributed by atoms with Crippen molar-refractivity contribution < 1.29 is 77.3 Å². The van der Waals surface area contributed by atoms with E-state index in [1.54, 1.807) is 26.8 Å². The molecule has 1 aliphatic carbocycles. The summed E-state index contributed by atoms with van der Waals surface area (Å²) >= 11 is 12.6. The first-order valence-corrected chi connectivity index (χ1v) is 28.2. The molecule has 0 radical (unpaired) electrons. The lowest BCUT2D eigenvalue weighted by atomic mass is 9.78. The zero-order valence-corrected chi connectivity index (χ0v) is 46.8. The predicted molar refractivity (Wildman–Crippen MR) is 291 cm³/mol. The van der Waals surface area contributed by atoms with Gasteiger partial charge in [-0.15, -0.1) is 0 Å². The lowest BCUT2D eigenvalue weighted by Gasteiger charge is -2.39. The van der Waals surface area contributed by atoms with Crippen LogP contribution in [-0.4, -0.2) is 63.4 Å².